The van der Waals surface area contributed by atoms with Crippen LogP contribution < -0.4 is 5.32 Å². The quantitative estimate of drug-likeness (QED) is 0.759. The molecule has 2 rings (SSSR count). The van der Waals surface area contributed by atoms with Crippen LogP contribution in [-0.2, 0) is 17.8 Å². The molecule has 5 nitrogen and oxygen atoms in total. The molecule has 5 heteroatoms. The summed E-state index contributed by atoms with van der Waals surface area (Å²) in [5.41, 5.74) is 3.46. The van der Waals surface area contributed by atoms with Crippen LogP contribution in [-0.4, -0.2) is 27.7 Å². The van der Waals surface area contributed by atoms with Gasteiger partial charge in [0.05, 0.1) is 5.69 Å². The zero-order chi connectivity index (χ0) is 15.1. The van der Waals surface area contributed by atoms with E-state index in [1.807, 2.05) is 32.3 Å². The molecule has 1 N–H and O–H groups in total. The fourth-order valence-corrected chi connectivity index (χ4v) is 2.20. The van der Waals surface area contributed by atoms with Crippen molar-refractivity contribution in [2.45, 2.75) is 40.3 Å². The Kier molecular flexibility index (Phi) is 5.75. The van der Waals surface area contributed by atoms with Crippen LogP contribution in [0.4, 0.5) is 5.95 Å². The number of anilines is 1. The topological polar surface area (TPSA) is 52.0 Å². The Labute approximate surface area is 126 Å². The van der Waals surface area contributed by atoms with E-state index in [1.54, 1.807) is 0 Å². The van der Waals surface area contributed by atoms with Crippen molar-refractivity contribution in [1.29, 1.82) is 0 Å². The highest BCUT2D eigenvalue weighted by molar-refractivity contribution is 5.32. The molecule has 2 heterocycles. The zero-order valence-electron chi connectivity index (χ0n) is 13.1. The lowest BCUT2D eigenvalue weighted by molar-refractivity contribution is 0.142. The maximum atomic E-state index is 5.38. The number of imidazole rings is 1. The van der Waals surface area contributed by atoms with Crippen LogP contribution >= 0.6 is 0 Å². The van der Waals surface area contributed by atoms with Crippen LogP contribution in [0.1, 0.15) is 30.2 Å². The van der Waals surface area contributed by atoms with E-state index >= 15 is 0 Å². The minimum Gasteiger partial charge on any atom is -0.382 e. The molecule has 0 radical (unpaired) electrons. The van der Waals surface area contributed by atoms with E-state index < -0.39 is 0 Å². The summed E-state index contributed by atoms with van der Waals surface area (Å²) >= 11 is 0. The number of ether oxygens (including phenoxy) is 1. The van der Waals surface area contributed by atoms with Gasteiger partial charge in [-0.1, -0.05) is 0 Å². The van der Waals surface area contributed by atoms with E-state index in [9.17, 15) is 0 Å². The molecule has 2 aromatic heterocycles. The molecular formula is C16H24N4O. The average Bonchev–Trinajstić information content (AvgIpc) is 2.83. The molecule has 0 aliphatic carbocycles. The van der Waals surface area contributed by atoms with Crippen molar-refractivity contribution in [3.05, 3.63) is 41.5 Å². The number of hydrogen-bond acceptors (Lipinski definition) is 4. The number of nitrogens with one attached hydrogen (secondary N) is 1. The van der Waals surface area contributed by atoms with Gasteiger partial charge in [-0.2, -0.15) is 0 Å². The second-order valence-corrected chi connectivity index (χ2v) is 5.11. The molecule has 0 amide bonds. The van der Waals surface area contributed by atoms with E-state index in [4.69, 9.17) is 4.74 Å². The molecule has 0 spiro atoms. The first kappa shape index (κ1) is 15.5. The van der Waals surface area contributed by atoms with Gasteiger partial charge in [0.1, 0.15) is 0 Å². The van der Waals surface area contributed by atoms with Crippen LogP contribution in [0.15, 0.2) is 24.7 Å². The third-order valence-corrected chi connectivity index (χ3v) is 3.37. The van der Waals surface area contributed by atoms with E-state index in [0.29, 0.717) is 0 Å². The maximum absolute atomic E-state index is 5.38. The van der Waals surface area contributed by atoms with E-state index in [0.717, 1.165) is 44.4 Å². The minimum absolute atomic E-state index is 0.738. The van der Waals surface area contributed by atoms with E-state index in [1.165, 1.54) is 11.1 Å². The third kappa shape index (κ3) is 4.56. The number of pyridine rings is 1. The molecule has 0 atom stereocenters. The molecule has 0 aliphatic heterocycles. The molecule has 2 aromatic rings. The SMILES string of the molecule is CCOCCCn1cc(C)nc1NCc1cnccc1C. The fourth-order valence-electron chi connectivity index (χ4n) is 2.20. The Hall–Kier alpha value is -1.88. The first-order valence-corrected chi connectivity index (χ1v) is 7.45. The first-order valence-electron chi connectivity index (χ1n) is 7.45. The Bertz CT molecular complexity index is 565. The van der Waals surface area contributed by atoms with Crippen molar-refractivity contribution >= 4 is 5.95 Å². The predicted molar refractivity (Wildman–Crippen MR) is 84.4 cm³/mol. The fraction of sp³-hybridized carbons (Fsp3) is 0.500. The molecular weight excluding hydrogens is 264 g/mol. The number of aromatic nitrogens is 3. The largest absolute Gasteiger partial charge is 0.382 e. The van der Waals surface area contributed by atoms with E-state index in [-0.39, 0.29) is 0 Å². The summed E-state index contributed by atoms with van der Waals surface area (Å²) in [6.45, 7) is 9.34. The lowest BCUT2D eigenvalue weighted by Crippen LogP contribution is -2.09. The summed E-state index contributed by atoms with van der Waals surface area (Å²) in [7, 11) is 0. The summed E-state index contributed by atoms with van der Waals surface area (Å²) in [5.74, 6) is 0.909. The van der Waals surface area contributed by atoms with Gasteiger partial charge in [-0.15, -0.1) is 0 Å². The van der Waals surface area contributed by atoms with Crippen molar-refractivity contribution in [2.24, 2.45) is 0 Å². The van der Waals surface area contributed by atoms with Gasteiger partial charge in [0.2, 0.25) is 5.95 Å². The van der Waals surface area contributed by atoms with Crippen LogP contribution in [0.3, 0.4) is 0 Å². The molecule has 114 valence electrons. The highest BCUT2D eigenvalue weighted by atomic mass is 16.5. The summed E-state index contributed by atoms with van der Waals surface area (Å²) in [4.78, 5) is 8.72. The van der Waals surface area contributed by atoms with Crippen LogP contribution in [0.25, 0.3) is 0 Å². The van der Waals surface area contributed by atoms with Gasteiger partial charge in [0.15, 0.2) is 0 Å². The van der Waals surface area contributed by atoms with Crippen molar-refractivity contribution in [2.75, 3.05) is 18.5 Å². The summed E-state index contributed by atoms with van der Waals surface area (Å²) in [5, 5.41) is 3.40. The Morgan fingerprint density at radius 1 is 1.33 bits per heavy atom. The Morgan fingerprint density at radius 2 is 2.19 bits per heavy atom. The molecule has 0 saturated heterocycles. The van der Waals surface area contributed by atoms with Gasteiger partial charge in [-0.05, 0) is 44.4 Å². The number of nitrogens with zero attached hydrogens (tertiary/aromatic N) is 3. The molecule has 0 unspecified atom stereocenters. The molecule has 0 fully saturated rings. The first-order chi connectivity index (χ1) is 10.2. The highest BCUT2D eigenvalue weighted by Crippen LogP contribution is 2.12. The predicted octanol–water partition coefficient (Wildman–Crippen LogP) is 2.93. The van der Waals surface area contributed by atoms with Gasteiger partial charge >= 0.3 is 0 Å². The Morgan fingerprint density at radius 3 is 2.95 bits per heavy atom. The zero-order valence-corrected chi connectivity index (χ0v) is 13.1. The second kappa shape index (κ2) is 7.78. The summed E-state index contributed by atoms with van der Waals surface area (Å²) in [6, 6.07) is 2.02. The number of rotatable bonds is 8. The van der Waals surface area contributed by atoms with E-state index in [2.05, 4.69) is 33.0 Å². The smallest absolute Gasteiger partial charge is 0.203 e. The van der Waals surface area contributed by atoms with Crippen molar-refractivity contribution < 1.29 is 4.74 Å². The minimum atomic E-state index is 0.738. The number of aryl methyl sites for hydroxylation is 3. The van der Waals surface area contributed by atoms with Gasteiger partial charge in [-0.3, -0.25) is 4.98 Å². The van der Waals surface area contributed by atoms with Crippen LogP contribution in [0.2, 0.25) is 0 Å². The maximum Gasteiger partial charge on any atom is 0.203 e. The lowest BCUT2D eigenvalue weighted by Gasteiger charge is -2.11. The molecule has 0 bridgehead atoms. The normalized spacial score (nSPS) is 10.8. The van der Waals surface area contributed by atoms with Gasteiger partial charge in [0.25, 0.3) is 0 Å². The monoisotopic (exact) mass is 288 g/mol. The summed E-state index contributed by atoms with van der Waals surface area (Å²) < 4.78 is 7.54. The number of hydrogen-bond donors (Lipinski definition) is 1. The van der Waals surface area contributed by atoms with Gasteiger partial charge < -0.3 is 14.6 Å². The molecule has 0 aliphatic rings. The van der Waals surface area contributed by atoms with Gasteiger partial charge in [0, 0.05) is 44.9 Å². The van der Waals surface area contributed by atoms with Crippen molar-refractivity contribution in [3.8, 4) is 0 Å². The van der Waals surface area contributed by atoms with Gasteiger partial charge in [-0.25, -0.2) is 4.98 Å². The summed E-state index contributed by atoms with van der Waals surface area (Å²) in [6.07, 6.45) is 6.78. The van der Waals surface area contributed by atoms with Crippen LogP contribution in [0.5, 0.6) is 0 Å². The van der Waals surface area contributed by atoms with Crippen LogP contribution in [0, 0.1) is 13.8 Å². The molecule has 21 heavy (non-hydrogen) atoms. The average molecular weight is 288 g/mol. The molecule has 0 aromatic carbocycles. The lowest BCUT2D eigenvalue weighted by atomic mass is 10.2. The Balaban J connectivity index is 1.95. The third-order valence-electron chi connectivity index (χ3n) is 3.37. The van der Waals surface area contributed by atoms with Crippen molar-refractivity contribution in [1.82, 2.24) is 14.5 Å². The standard InChI is InChI=1S/C16H24N4O/c1-4-21-9-5-8-20-12-14(3)19-16(20)18-11-15-10-17-7-6-13(15)2/h6-7,10,12H,4-5,8-9,11H2,1-3H3,(H,18,19). The highest BCUT2D eigenvalue weighted by Gasteiger charge is 2.06. The van der Waals surface area contributed by atoms with Crippen molar-refractivity contribution in [3.63, 3.8) is 0 Å². The molecule has 0 saturated carbocycles. The second-order valence-electron chi connectivity index (χ2n) is 5.11.